The normalized spacial score (nSPS) is 12.5. The predicted molar refractivity (Wildman–Crippen MR) is 73.9 cm³/mol. The van der Waals surface area contributed by atoms with Crippen LogP contribution >= 0.6 is 34.8 Å². The summed E-state index contributed by atoms with van der Waals surface area (Å²) < 4.78 is 13.4. The van der Waals surface area contributed by atoms with Crippen LogP contribution in [-0.4, -0.2) is 0 Å². The standard InChI is InChI=1S/C13H9Cl3FN/c14-8-2-4-10(15)9(6-8)13(18)7-1-3-11(16)12(17)5-7/h1-6,13H,18H2. The molecule has 18 heavy (non-hydrogen) atoms. The molecule has 0 saturated heterocycles. The Balaban J connectivity index is 2.44. The number of nitrogens with two attached hydrogens (primary N) is 1. The molecule has 0 aliphatic rings. The molecule has 2 rings (SSSR count). The molecule has 0 radical (unpaired) electrons. The van der Waals surface area contributed by atoms with E-state index in [0.717, 1.165) is 0 Å². The number of hydrogen-bond acceptors (Lipinski definition) is 1. The monoisotopic (exact) mass is 303 g/mol. The zero-order valence-corrected chi connectivity index (χ0v) is 11.4. The van der Waals surface area contributed by atoms with E-state index in [4.69, 9.17) is 40.5 Å². The van der Waals surface area contributed by atoms with Gasteiger partial charge in [-0.2, -0.15) is 0 Å². The lowest BCUT2D eigenvalue weighted by molar-refractivity contribution is 0.624. The first-order valence-corrected chi connectivity index (χ1v) is 6.28. The maximum Gasteiger partial charge on any atom is 0.142 e. The van der Waals surface area contributed by atoms with E-state index in [1.807, 2.05) is 0 Å². The lowest BCUT2D eigenvalue weighted by atomic mass is 9.99. The van der Waals surface area contributed by atoms with E-state index < -0.39 is 11.9 Å². The highest BCUT2D eigenvalue weighted by molar-refractivity contribution is 6.33. The van der Waals surface area contributed by atoms with Gasteiger partial charge in [-0.05, 0) is 41.5 Å². The van der Waals surface area contributed by atoms with Gasteiger partial charge in [-0.1, -0.05) is 40.9 Å². The number of benzene rings is 2. The summed E-state index contributed by atoms with van der Waals surface area (Å²) in [6.45, 7) is 0. The molecule has 0 aliphatic heterocycles. The molecule has 0 heterocycles. The van der Waals surface area contributed by atoms with E-state index in [1.165, 1.54) is 12.1 Å². The molecule has 0 fully saturated rings. The van der Waals surface area contributed by atoms with Crippen molar-refractivity contribution < 1.29 is 4.39 Å². The Bertz CT molecular complexity index is 586. The van der Waals surface area contributed by atoms with Crippen LogP contribution in [0.25, 0.3) is 0 Å². The predicted octanol–water partition coefficient (Wildman–Crippen LogP) is 4.83. The third kappa shape index (κ3) is 2.78. The summed E-state index contributed by atoms with van der Waals surface area (Å²) in [4.78, 5) is 0. The van der Waals surface area contributed by atoms with Crippen molar-refractivity contribution >= 4 is 34.8 Å². The van der Waals surface area contributed by atoms with Gasteiger partial charge in [-0.15, -0.1) is 0 Å². The SMILES string of the molecule is NC(c1ccc(Cl)c(F)c1)c1cc(Cl)ccc1Cl. The van der Waals surface area contributed by atoms with Gasteiger partial charge in [0.15, 0.2) is 0 Å². The van der Waals surface area contributed by atoms with Gasteiger partial charge in [0.1, 0.15) is 5.82 Å². The third-order valence-corrected chi connectivity index (χ3v) is 3.48. The van der Waals surface area contributed by atoms with Gasteiger partial charge in [0.05, 0.1) is 11.1 Å². The van der Waals surface area contributed by atoms with E-state index >= 15 is 0 Å². The molecule has 5 heteroatoms. The highest BCUT2D eigenvalue weighted by atomic mass is 35.5. The second-order valence-corrected chi connectivity index (χ2v) is 5.07. The molecular weight excluding hydrogens is 296 g/mol. The van der Waals surface area contributed by atoms with E-state index in [2.05, 4.69) is 0 Å². The second kappa shape index (κ2) is 5.45. The first-order valence-electron chi connectivity index (χ1n) is 5.14. The Hall–Kier alpha value is -0.800. The van der Waals surface area contributed by atoms with Gasteiger partial charge in [-0.25, -0.2) is 4.39 Å². The van der Waals surface area contributed by atoms with Gasteiger partial charge in [0.2, 0.25) is 0 Å². The van der Waals surface area contributed by atoms with Gasteiger partial charge in [0, 0.05) is 10.0 Å². The Morgan fingerprint density at radius 2 is 1.61 bits per heavy atom. The summed E-state index contributed by atoms with van der Waals surface area (Å²) in [5.41, 5.74) is 7.28. The largest absolute Gasteiger partial charge is 0.320 e. The average Bonchev–Trinajstić information content (AvgIpc) is 2.35. The van der Waals surface area contributed by atoms with Crippen molar-refractivity contribution in [3.05, 3.63) is 68.4 Å². The first-order chi connectivity index (χ1) is 8.49. The van der Waals surface area contributed by atoms with Crippen molar-refractivity contribution in [2.75, 3.05) is 0 Å². The zero-order valence-electron chi connectivity index (χ0n) is 9.13. The van der Waals surface area contributed by atoms with E-state index in [-0.39, 0.29) is 5.02 Å². The van der Waals surface area contributed by atoms with Crippen LogP contribution < -0.4 is 5.73 Å². The van der Waals surface area contributed by atoms with Crippen molar-refractivity contribution in [3.8, 4) is 0 Å². The van der Waals surface area contributed by atoms with Crippen LogP contribution in [0.3, 0.4) is 0 Å². The van der Waals surface area contributed by atoms with Crippen LogP contribution in [0.2, 0.25) is 15.1 Å². The zero-order chi connectivity index (χ0) is 13.3. The van der Waals surface area contributed by atoms with Crippen LogP contribution in [0.5, 0.6) is 0 Å². The maximum atomic E-state index is 13.4. The highest BCUT2D eigenvalue weighted by Crippen LogP contribution is 2.30. The smallest absolute Gasteiger partial charge is 0.142 e. The quantitative estimate of drug-likeness (QED) is 0.844. The number of halogens is 4. The molecule has 1 atom stereocenters. The van der Waals surface area contributed by atoms with Crippen LogP contribution in [0.15, 0.2) is 36.4 Å². The van der Waals surface area contributed by atoms with Gasteiger partial charge in [-0.3, -0.25) is 0 Å². The molecule has 2 aromatic carbocycles. The van der Waals surface area contributed by atoms with Crippen molar-refractivity contribution in [1.82, 2.24) is 0 Å². The molecule has 0 aliphatic carbocycles. The van der Waals surface area contributed by atoms with Crippen molar-refractivity contribution in [1.29, 1.82) is 0 Å². The highest BCUT2D eigenvalue weighted by Gasteiger charge is 2.14. The summed E-state index contributed by atoms with van der Waals surface area (Å²) in [5, 5.41) is 1.07. The van der Waals surface area contributed by atoms with Gasteiger partial charge in [0.25, 0.3) is 0 Å². The van der Waals surface area contributed by atoms with Gasteiger partial charge < -0.3 is 5.73 Å². The molecule has 0 amide bonds. The molecule has 0 bridgehead atoms. The topological polar surface area (TPSA) is 26.0 Å². The van der Waals surface area contributed by atoms with Crippen LogP contribution in [-0.2, 0) is 0 Å². The molecule has 0 spiro atoms. The summed E-state index contributed by atoms with van der Waals surface area (Å²) in [5.74, 6) is -0.511. The molecule has 1 nitrogen and oxygen atoms in total. The Morgan fingerprint density at radius 3 is 2.28 bits per heavy atom. The van der Waals surface area contributed by atoms with Crippen molar-refractivity contribution in [2.24, 2.45) is 5.73 Å². The minimum Gasteiger partial charge on any atom is -0.320 e. The lowest BCUT2D eigenvalue weighted by Gasteiger charge is -2.15. The minimum atomic E-state index is -0.553. The van der Waals surface area contributed by atoms with Crippen molar-refractivity contribution in [3.63, 3.8) is 0 Å². The molecule has 0 aromatic heterocycles. The van der Waals surface area contributed by atoms with E-state index in [1.54, 1.807) is 24.3 Å². The Morgan fingerprint density at radius 1 is 0.944 bits per heavy atom. The molecule has 2 aromatic rings. The number of hydrogen-bond donors (Lipinski definition) is 1. The van der Waals surface area contributed by atoms with Crippen LogP contribution in [0, 0.1) is 5.82 Å². The Labute approximate surface area is 119 Å². The lowest BCUT2D eigenvalue weighted by Crippen LogP contribution is -2.12. The second-order valence-electron chi connectivity index (χ2n) is 3.82. The maximum absolute atomic E-state index is 13.4. The fraction of sp³-hybridized carbons (Fsp3) is 0.0769. The average molecular weight is 305 g/mol. The first kappa shape index (κ1) is 13.6. The molecule has 2 N–H and O–H groups in total. The van der Waals surface area contributed by atoms with Crippen molar-refractivity contribution in [2.45, 2.75) is 6.04 Å². The molecule has 1 unspecified atom stereocenters. The number of rotatable bonds is 2. The van der Waals surface area contributed by atoms with Gasteiger partial charge >= 0.3 is 0 Å². The summed E-state index contributed by atoms with van der Waals surface area (Å²) >= 11 is 17.6. The fourth-order valence-electron chi connectivity index (χ4n) is 1.64. The Kier molecular flexibility index (Phi) is 4.13. The molecular formula is C13H9Cl3FN. The fourth-order valence-corrected chi connectivity index (χ4v) is 2.17. The van der Waals surface area contributed by atoms with Crippen LogP contribution in [0.4, 0.5) is 4.39 Å². The minimum absolute atomic E-state index is 0.0585. The molecule has 0 saturated carbocycles. The summed E-state index contributed by atoms with van der Waals surface area (Å²) in [6.07, 6.45) is 0. The summed E-state index contributed by atoms with van der Waals surface area (Å²) in [6, 6.07) is 8.86. The third-order valence-electron chi connectivity index (χ3n) is 2.60. The van der Waals surface area contributed by atoms with E-state index in [9.17, 15) is 4.39 Å². The molecule has 94 valence electrons. The van der Waals surface area contributed by atoms with Crippen LogP contribution in [0.1, 0.15) is 17.2 Å². The van der Waals surface area contributed by atoms with E-state index in [0.29, 0.717) is 21.2 Å². The summed E-state index contributed by atoms with van der Waals surface area (Å²) in [7, 11) is 0.